The second-order valence-electron chi connectivity index (χ2n) is 5.25. The van der Waals surface area contributed by atoms with E-state index < -0.39 is 0 Å². The first kappa shape index (κ1) is 21.8. The zero-order valence-electron chi connectivity index (χ0n) is 15.2. The molecule has 0 amide bonds. The van der Waals surface area contributed by atoms with Crippen LogP contribution in [0.2, 0.25) is 0 Å². The summed E-state index contributed by atoms with van der Waals surface area (Å²) in [6, 6.07) is 7.11. The van der Waals surface area contributed by atoms with Gasteiger partial charge in [-0.3, -0.25) is 21.7 Å². The van der Waals surface area contributed by atoms with E-state index in [1.807, 2.05) is 0 Å². The number of amidine groups is 2. The molecule has 0 aromatic heterocycles. The Balaban J connectivity index is 2.05. The third kappa shape index (κ3) is 10.6. The van der Waals surface area contributed by atoms with E-state index in [1.165, 1.54) is 0 Å². The van der Waals surface area contributed by atoms with Gasteiger partial charge < -0.3 is 24.7 Å². The number of hydrogen-bond acceptors (Lipinski definition) is 7. The number of rotatable bonds is 13. The van der Waals surface area contributed by atoms with E-state index in [1.54, 1.807) is 31.2 Å². The van der Waals surface area contributed by atoms with Crippen LogP contribution in [0.4, 0.5) is 0 Å². The number of hydrazine groups is 1. The summed E-state index contributed by atoms with van der Waals surface area (Å²) < 4.78 is 21.5. The van der Waals surface area contributed by atoms with Crippen molar-refractivity contribution in [2.45, 2.75) is 6.92 Å². The summed E-state index contributed by atoms with van der Waals surface area (Å²) in [5.41, 5.74) is 11.2. The molecule has 1 aromatic carbocycles. The van der Waals surface area contributed by atoms with E-state index in [0.717, 1.165) is 0 Å². The molecule has 146 valence electrons. The Morgan fingerprint density at radius 3 is 1.92 bits per heavy atom. The minimum absolute atomic E-state index is 0.180. The van der Waals surface area contributed by atoms with Crippen molar-refractivity contribution in [2.75, 3.05) is 52.8 Å². The topological polar surface area (TPSA) is 135 Å². The van der Waals surface area contributed by atoms with Gasteiger partial charge in [-0.15, -0.1) is 0 Å². The van der Waals surface area contributed by atoms with Gasteiger partial charge >= 0.3 is 0 Å². The van der Waals surface area contributed by atoms with Crippen molar-refractivity contribution < 1.29 is 18.9 Å². The second kappa shape index (κ2) is 14.0. The lowest BCUT2D eigenvalue weighted by atomic mass is 10.2. The zero-order chi connectivity index (χ0) is 19.0. The molecular formula is C17H29N5O4. The molecule has 26 heavy (non-hydrogen) atoms. The largest absolute Gasteiger partial charge is 0.491 e. The van der Waals surface area contributed by atoms with Crippen LogP contribution in [0.5, 0.6) is 5.75 Å². The number of benzene rings is 1. The molecule has 0 aliphatic carbocycles. The molecule has 0 fully saturated rings. The van der Waals surface area contributed by atoms with Crippen molar-refractivity contribution in [2.24, 2.45) is 5.73 Å². The maximum Gasteiger partial charge on any atom is 0.144 e. The number of hydrogen-bond donors (Lipinski definition) is 5. The van der Waals surface area contributed by atoms with Gasteiger partial charge in [0.05, 0.1) is 39.6 Å². The highest BCUT2D eigenvalue weighted by Gasteiger charge is 2.01. The molecular weight excluding hydrogens is 338 g/mol. The highest BCUT2D eigenvalue weighted by Crippen LogP contribution is 2.11. The van der Waals surface area contributed by atoms with Gasteiger partial charge in [-0.25, -0.2) is 0 Å². The lowest BCUT2D eigenvalue weighted by molar-refractivity contribution is 0.0106. The Morgan fingerprint density at radius 2 is 1.38 bits per heavy atom. The Morgan fingerprint density at radius 1 is 0.846 bits per heavy atom. The molecule has 0 radical (unpaired) electrons. The van der Waals surface area contributed by atoms with Gasteiger partial charge in [0, 0.05) is 12.1 Å². The van der Waals surface area contributed by atoms with Gasteiger partial charge in [0.15, 0.2) is 0 Å². The van der Waals surface area contributed by atoms with E-state index >= 15 is 0 Å². The summed E-state index contributed by atoms with van der Waals surface area (Å²) >= 11 is 0. The summed E-state index contributed by atoms with van der Waals surface area (Å²) in [5.74, 6) is 1.12. The van der Waals surface area contributed by atoms with Gasteiger partial charge in [-0.05, 0) is 31.2 Å². The summed E-state index contributed by atoms with van der Waals surface area (Å²) in [5, 5.41) is 15.1. The normalized spacial score (nSPS) is 10.4. The van der Waals surface area contributed by atoms with Crippen LogP contribution in [0.1, 0.15) is 12.5 Å². The van der Waals surface area contributed by atoms with Crippen LogP contribution in [0, 0.1) is 10.8 Å². The molecule has 0 aliphatic rings. The van der Waals surface area contributed by atoms with Crippen LogP contribution in [0.15, 0.2) is 24.3 Å². The van der Waals surface area contributed by atoms with Crippen LogP contribution in [0.3, 0.4) is 0 Å². The molecule has 0 heterocycles. The molecule has 0 unspecified atom stereocenters. The van der Waals surface area contributed by atoms with Gasteiger partial charge in [0.1, 0.15) is 24.0 Å². The fourth-order valence-electron chi connectivity index (χ4n) is 1.79. The predicted octanol–water partition coefficient (Wildman–Crippen LogP) is 0.491. The van der Waals surface area contributed by atoms with Crippen molar-refractivity contribution in [1.82, 2.24) is 10.9 Å². The standard InChI is InChI=1S/C17H29N5O4/c1-14(19)21-22-17(20)15-2-4-16(5-3-15)26-13-12-25-11-10-24-9-8-23-7-6-18/h2-5H,6-13,18H2,1H3,(H2,19,21)(H2,20,22). The average Bonchev–Trinajstić information content (AvgIpc) is 2.64. The maximum atomic E-state index is 7.83. The van der Waals surface area contributed by atoms with E-state index in [0.29, 0.717) is 64.1 Å². The minimum atomic E-state index is 0.180. The molecule has 0 atom stereocenters. The Hall–Kier alpha value is -2.20. The van der Waals surface area contributed by atoms with Crippen LogP contribution in [0.25, 0.3) is 0 Å². The SMILES string of the molecule is CC(=N)NNC(=N)c1ccc(OCCOCCOCCOCCN)cc1. The minimum Gasteiger partial charge on any atom is -0.491 e. The average molecular weight is 367 g/mol. The molecule has 1 rings (SSSR count). The molecule has 0 spiro atoms. The van der Waals surface area contributed by atoms with Crippen LogP contribution in [-0.2, 0) is 14.2 Å². The molecule has 9 nitrogen and oxygen atoms in total. The first-order chi connectivity index (χ1) is 12.6. The first-order valence-corrected chi connectivity index (χ1v) is 8.45. The molecule has 9 heteroatoms. The molecule has 0 aliphatic heterocycles. The lowest BCUT2D eigenvalue weighted by Gasteiger charge is -2.11. The third-order valence-electron chi connectivity index (χ3n) is 3.02. The summed E-state index contributed by atoms with van der Waals surface area (Å²) in [4.78, 5) is 0. The fraction of sp³-hybridized carbons (Fsp3) is 0.529. The monoisotopic (exact) mass is 367 g/mol. The Kier molecular flexibility index (Phi) is 11.8. The molecule has 0 saturated heterocycles. The lowest BCUT2D eigenvalue weighted by Crippen LogP contribution is -2.40. The van der Waals surface area contributed by atoms with E-state index in [4.69, 9.17) is 35.5 Å². The van der Waals surface area contributed by atoms with E-state index in [9.17, 15) is 0 Å². The van der Waals surface area contributed by atoms with Crippen LogP contribution >= 0.6 is 0 Å². The highest BCUT2D eigenvalue weighted by molar-refractivity contribution is 5.97. The number of ether oxygens (including phenoxy) is 4. The summed E-state index contributed by atoms with van der Waals surface area (Å²) in [6.45, 7) is 5.65. The zero-order valence-corrected chi connectivity index (χ0v) is 15.2. The summed E-state index contributed by atoms with van der Waals surface area (Å²) in [6.07, 6.45) is 0. The van der Waals surface area contributed by atoms with Crippen molar-refractivity contribution in [3.8, 4) is 5.75 Å². The van der Waals surface area contributed by atoms with Crippen molar-refractivity contribution >= 4 is 11.7 Å². The Bertz CT molecular complexity index is 524. The number of nitrogens with one attached hydrogen (secondary N) is 4. The Labute approximate surface area is 154 Å². The molecule has 0 saturated carbocycles. The molecule has 1 aromatic rings. The smallest absolute Gasteiger partial charge is 0.144 e. The van der Waals surface area contributed by atoms with E-state index in [2.05, 4.69) is 10.9 Å². The van der Waals surface area contributed by atoms with Gasteiger partial charge in [0.2, 0.25) is 0 Å². The highest BCUT2D eigenvalue weighted by atomic mass is 16.6. The van der Waals surface area contributed by atoms with Crippen molar-refractivity contribution in [1.29, 1.82) is 10.8 Å². The second-order valence-corrected chi connectivity index (χ2v) is 5.25. The summed E-state index contributed by atoms with van der Waals surface area (Å²) in [7, 11) is 0. The quantitative estimate of drug-likeness (QED) is 0.148. The first-order valence-electron chi connectivity index (χ1n) is 8.45. The van der Waals surface area contributed by atoms with E-state index in [-0.39, 0.29) is 11.7 Å². The van der Waals surface area contributed by atoms with Gasteiger partial charge in [0.25, 0.3) is 0 Å². The van der Waals surface area contributed by atoms with Crippen LogP contribution < -0.4 is 21.3 Å². The third-order valence-corrected chi connectivity index (χ3v) is 3.02. The van der Waals surface area contributed by atoms with Gasteiger partial charge in [-0.1, -0.05) is 0 Å². The molecule has 6 N–H and O–H groups in total. The van der Waals surface area contributed by atoms with Crippen LogP contribution in [-0.4, -0.2) is 64.5 Å². The van der Waals surface area contributed by atoms with Crippen molar-refractivity contribution in [3.63, 3.8) is 0 Å². The predicted molar refractivity (Wildman–Crippen MR) is 99.9 cm³/mol. The maximum absolute atomic E-state index is 7.83. The van der Waals surface area contributed by atoms with Crippen molar-refractivity contribution in [3.05, 3.63) is 29.8 Å². The molecule has 0 bridgehead atoms. The fourth-order valence-corrected chi connectivity index (χ4v) is 1.79. The van der Waals surface area contributed by atoms with Gasteiger partial charge in [-0.2, -0.15) is 0 Å². The number of nitrogens with two attached hydrogens (primary N) is 1.